The third-order valence-corrected chi connectivity index (χ3v) is 2.98. The summed E-state index contributed by atoms with van der Waals surface area (Å²) in [7, 11) is 1.11. The SMILES string of the molecule is COc1c(S(=O)(=O)Cl)ncc([N+](=O)[O-])c1OC(F)(F)F. The maximum absolute atomic E-state index is 12.2. The summed E-state index contributed by atoms with van der Waals surface area (Å²) >= 11 is 0. The summed E-state index contributed by atoms with van der Waals surface area (Å²) in [6.45, 7) is 0. The number of methoxy groups -OCH3 is 1. The molecular formula is C7H4ClF3N2O6S. The van der Waals surface area contributed by atoms with E-state index in [9.17, 15) is 31.7 Å². The van der Waals surface area contributed by atoms with Gasteiger partial charge in [-0.25, -0.2) is 13.4 Å². The van der Waals surface area contributed by atoms with Gasteiger partial charge in [-0.05, 0) is 0 Å². The fourth-order valence-electron chi connectivity index (χ4n) is 1.15. The second-order valence-electron chi connectivity index (χ2n) is 3.05. The van der Waals surface area contributed by atoms with Crippen LogP contribution in [0, 0.1) is 10.1 Å². The van der Waals surface area contributed by atoms with Gasteiger partial charge in [0, 0.05) is 10.7 Å². The minimum absolute atomic E-state index is 0.263. The molecule has 0 saturated heterocycles. The quantitative estimate of drug-likeness (QED) is 0.468. The van der Waals surface area contributed by atoms with E-state index in [1.165, 1.54) is 0 Å². The summed E-state index contributed by atoms with van der Waals surface area (Å²) in [6.07, 6.45) is -5.05. The fraction of sp³-hybridized carbons (Fsp3) is 0.286. The number of pyridine rings is 1. The molecule has 0 radical (unpaired) electrons. The van der Waals surface area contributed by atoms with E-state index < -0.39 is 42.5 Å². The Morgan fingerprint density at radius 2 is 1.95 bits per heavy atom. The molecule has 0 aliphatic heterocycles. The predicted molar refractivity (Wildman–Crippen MR) is 57.2 cm³/mol. The Hall–Kier alpha value is -1.82. The molecule has 0 bridgehead atoms. The Kier molecular flexibility index (Phi) is 4.29. The van der Waals surface area contributed by atoms with E-state index in [-0.39, 0.29) is 6.20 Å². The van der Waals surface area contributed by atoms with Crippen LogP contribution in [0.3, 0.4) is 0 Å². The lowest BCUT2D eigenvalue weighted by Gasteiger charge is -2.13. The van der Waals surface area contributed by atoms with Crippen molar-refractivity contribution in [3.8, 4) is 11.5 Å². The molecule has 0 aliphatic rings. The van der Waals surface area contributed by atoms with Gasteiger partial charge in [0.05, 0.1) is 12.0 Å². The smallest absolute Gasteiger partial charge is 0.490 e. The van der Waals surface area contributed by atoms with Crippen molar-refractivity contribution in [2.45, 2.75) is 11.4 Å². The third-order valence-electron chi connectivity index (χ3n) is 1.79. The lowest BCUT2D eigenvalue weighted by atomic mass is 10.3. The van der Waals surface area contributed by atoms with Gasteiger partial charge in [0.15, 0.2) is 0 Å². The Morgan fingerprint density at radius 3 is 2.30 bits per heavy atom. The number of alkyl halides is 3. The van der Waals surface area contributed by atoms with Crippen molar-refractivity contribution < 1.29 is 36.0 Å². The fourth-order valence-corrected chi connectivity index (χ4v) is 2.05. The molecule has 0 aromatic carbocycles. The second-order valence-corrected chi connectivity index (χ2v) is 5.53. The average molecular weight is 337 g/mol. The molecule has 1 rings (SSSR count). The summed E-state index contributed by atoms with van der Waals surface area (Å²) in [5.41, 5.74) is -1.23. The van der Waals surface area contributed by atoms with Crippen LogP contribution in [-0.4, -0.2) is 31.8 Å². The van der Waals surface area contributed by atoms with Crippen molar-refractivity contribution in [3.05, 3.63) is 16.3 Å². The highest BCUT2D eigenvalue weighted by Gasteiger charge is 2.39. The molecule has 1 heterocycles. The van der Waals surface area contributed by atoms with Gasteiger partial charge in [-0.2, -0.15) is 0 Å². The Labute approximate surface area is 113 Å². The van der Waals surface area contributed by atoms with Gasteiger partial charge < -0.3 is 9.47 Å². The monoisotopic (exact) mass is 336 g/mol. The summed E-state index contributed by atoms with van der Waals surface area (Å²) in [6, 6.07) is 0. The van der Waals surface area contributed by atoms with Crippen LogP contribution in [0.15, 0.2) is 11.2 Å². The molecule has 112 valence electrons. The maximum atomic E-state index is 12.2. The number of aromatic nitrogens is 1. The number of hydrogen-bond donors (Lipinski definition) is 0. The summed E-state index contributed by atoms with van der Waals surface area (Å²) in [5, 5.41) is 9.48. The summed E-state index contributed by atoms with van der Waals surface area (Å²) < 4.78 is 66.7. The van der Waals surface area contributed by atoms with Crippen LogP contribution in [0.5, 0.6) is 11.5 Å². The molecule has 0 spiro atoms. The first-order valence-corrected chi connectivity index (χ1v) is 6.70. The number of rotatable bonds is 4. The van der Waals surface area contributed by atoms with Gasteiger partial charge in [-0.3, -0.25) is 10.1 Å². The van der Waals surface area contributed by atoms with Crippen LogP contribution in [0.2, 0.25) is 0 Å². The molecular weight excluding hydrogens is 333 g/mol. The number of ether oxygens (including phenoxy) is 2. The van der Waals surface area contributed by atoms with Crippen molar-refractivity contribution >= 4 is 25.4 Å². The highest BCUT2D eigenvalue weighted by atomic mass is 35.7. The lowest BCUT2D eigenvalue weighted by Crippen LogP contribution is -2.19. The van der Waals surface area contributed by atoms with Crippen LogP contribution < -0.4 is 9.47 Å². The Balaban J connectivity index is 3.68. The van der Waals surface area contributed by atoms with Crippen LogP contribution in [-0.2, 0) is 9.05 Å². The molecule has 0 aliphatic carbocycles. The average Bonchev–Trinajstić information content (AvgIpc) is 2.24. The lowest BCUT2D eigenvalue weighted by molar-refractivity contribution is -0.389. The summed E-state index contributed by atoms with van der Waals surface area (Å²) in [5.74, 6) is -2.58. The minimum atomic E-state index is -5.31. The van der Waals surface area contributed by atoms with E-state index >= 15 is 0 Å². The van der Waals surface area contributed by atoms with Gasteiger partial charge in [0.2, 0.25) is 10.8 Å². The van der Waals surface area contributed by atoms with E-state index in [2.05, 4.69) is 14.5 Å². The molecule has 0 fully saturated rings. The van der Waals surface area contributed by atoms with Gasteiger partial charge in [-0.1, -0.05) is 0 Å². The molecule has 0 saturated carbocycles. The minimum Gasteiger partial charge on any atom is -0.490 e. The first-order chi connectivity index (χ1) is 8.97. The zero-order chi connectivity index (χ0) is 15.7. The Morgan fingerprint density at radius 1 is 1.40 bits per heavy atom. The van der Waals surface area contributed by atoms with Crippen LogP contribution >= 0.6 is 10.7 Å². The summed E-state index contributed by atoms with van der Waals surface area (Å²) in [4.78, 5) is 12.5. The first kappa shape index (κ1) is 16.2. The van der Waals surface area contributed by atoms with Crippen LogP contribution in [0.25, 0.3) is 0 Å². The predicted octanol–water partition coefficient (Wildman–Crippen LogP) is 1.82. The number of hydrogen-bond acceptors (Lipinski definition) is 7. The van der Waals surface area contributed by atoms with E-state index in [0.29, 0.717) is 0 Å². The highest BCUT2D eigenvalue weighted by molar-refractivity contribution is 8.13. The molecule has 13 heteroatoms. The van der Waals surface area contributed by atoms with Crippen molar-refractivity contribution in [3.63, 3.8) is 0 Å². The zero-order valence-electron chi connectivity index (χ0n) is 9.34. The molecule has 20 heavy (non-hydrogen) atoms. The zero-order valence-corrected chi connectivity index (χ0v) is 10.9. The van der Waals surface area contributed by atoms with Gasteiger partial charge in [0.1, 0.15) is 6.20 Å². The van der Waals surface area contributed by atoms with Crippen molar-refractivity contribution in [2.75, 3.05) is 7.11 Å². The third kappa shape index (κ3) is 3.60. The Bertz CT molecular complexity index is 647. The largest absolute Gasteiger partial charge is 0.573 e. The van der Waals surface area contributed by atoms with E-state index in [1.807, 2.05) is 0 Å². The van der Waals surface area contributed by atoms with Crippen molar-refractivity contribution in [1.82, 2.24) is 4.98 Å². The maximum Gasteiger partial charge on any atom is 0.573 e. The van der Waals surface area contributed by atoms with Crippen molar-refractivity contribution in [2.24, 2.45) is 0 Å². The molecule has 1 aromatic rings. The van der Waals surface area contributed by atoms with Crippen molar-refractivity contribution in [1.29, 1.82) is 0 Å². The number of nitro groups is 1. The van der Waals surface area contributed by atoms with E-state index in [0.717, 1.165) is 7.11 Å². The first-order valence-electron chi connectivity index (χ1n) is 4.39. The van der Waals surface area contributed by atoms with E-state index in [1.54, 1.807) is 0 Å². The van der Waals surface area contributed by atoms with E-state index in [4.69, 9.17) is 10.7 Å². The van der Waals surface area contributed by atoms with Crippen LogP contribution in [0.4, 0.5) is 18.9 Å². The highest BCUT2D eigenvalue weighted by Crippen LogP contribution is 2.43. The van der Waals surface area contributed by atoms with Gasteiger partial charge >= 0.3 is 12.0 Å². The standard InChI is InChI=1S/C7H4ClF3N2O6S/c1-18-5-4(19-7(9,10)11)3(13(14)15)2-12-6(5)20(8,16)17/h2H,1H3. The molecule has 0 N–H and O–H groups in total. The topological polar surface area (TPSA) is 109 Å². The molecule has 8 nitrogen and oxygen atoms in total. The number of halogens is 4. The number of nitrogens with zero attached hydrogens (tertiary/aromatic N) is 2. The van der Waals surface area contributed by atoms with Gasteiger partial charge in [-0.15, -0.1) is 13.2 Å². The van der Waals surface area contributed by atoms with Crippen LogP contribution in [0.1, 0.15) is 0 Å². The molecule has 0 atom stereocenters. The molecule has 0 amide bonds. The normalized spacial score (nSPS) is 12.1. The molecule has 1 aromatic heterocycles. The van der Waals surface area contributed by atoms with Gasteiger partial charge in [0.25, 0.3) is 14.8 Å². The second kappa shape index (κ2) is 5.28. The molecule has 0 unspecified atom stereocenters.